The Hall–Kier alpha value is -1.55. The molecule has 0 radical (unpaired) electrons. The molecule has 2 aromatic rings. The number of anilines is 1. The maximum atomic E-state index is 4.27. The lowest BCUT2D eigenvalue weighted by Gasteiger charge is -2.05. The van der Waals surface area contributed by atoms with Gasteiger partial charge in [0.25, 0.3) is 0 Å². The van der Waals surface area contributed by atoms with Crippen LogP contribution in [0.3, 0.4) is 0 Å². The average molecular weight is 259 g/mol. The molecule has 0 bridgehead atoms. The number of aromatic nitrogens is 2. The second-order valence-corrected chi connectivity index (χ2v) is 4.94. The van der Waals surface area contributed by atoms with Crippen LogP contribution < -0.4 is 5.32 Å². The van der Waals surface area contributed by atoms with E-state index in [9.17, 15) is 0 Å². The normalized spacial score (nSPS) is 10.3. The van der Waals surface area contributed by atoms with Gasteiger partial charge in [0, 0.05) is 18.4 Å². The molecule has 0 aliphatic heterocycles. The number of rotatable bonds is 6. The minimum Gasteiger partial charge on any atom is -0.370 e. The molecule has 0 saturated carbocycles. The average Bonchev–Trinajstić information content (AvgIpc) is 2.44. The van der Waals surface area contributed by atoms with Crippen molar-refractivity contribution in [2.45, 2.75) is 24.1 Å². The van der Waals surface area contributed by atoms with Crippen LogP contribution in [0.2, 0.25) is 0 Å². The third-order valence-electron chi connectivity index (χ3n) is 2.43. The molecular formula is C14H17N3S. The van der Waals surface area contributed by atoms with Crippen molar-refractivity contribution < 1.29 is 0 Å². The van der Waals surface area contributed by atoms with Crippen LogP contribution in [0.5, 0.6) is 0 Å². The third-order valence-corrected chi connectivity index (χ3v) is 3.42. The van der Waals surface area contributed by atoms with Gasteiger partial charge in [-0.3, -0.25) is 0 Å². The molecule has 1 N–H and O–H groups in total. The van der Waals surface area contributed by atoms with Gasteiger partial charge < -0.3 is 5.32 Å². The van der Waals surface area contributed by atoms with E-state index in [1.165, 1.54) is 5.56 Å². The standard InChI is InChI=1S/C14H17N3S/c1-2-8-15-13-9-14(17-11-16-13)18-10-12-6-4-3-5-7-12/h3-7,9,11H,2,8,10H2,1H3,(H,15,16,17). The van der Waals surface area contributed by atoms with Crippen molar-refractivity contribution in [2.24, 2.45) is 0 Å². The lowest BCUT2D eigenvalue weighted by molar-refractivity contribution is 0.953. The molecule has 0 spiro atoms. The summed E-state index contributed by atoms with van der Waals surface area (Å²) in [5.41, 5.74) is 1.31. The van der Waals surface area contributed by atoms with Gasteiger partial charge in [-0.15, -0.1) is 11.8 Å². The number of nitrogens with one attached hydrogen (secondary N) is 1. The van der Waals surface area contributed by atoms with Crippen molar-refractivity contribution in [3.63, 3.8) is 0 Å². The third kappa shape index (κ3) is 4.04. The fourth-order valence-corrected chi connectivity index (χ4v) is 2.32. The lowest BCUT2D eigenvalue weighted by Crippen LogP contribution is -2.02. The molecule has 0 aliphatic rings. The molecule has 3 nitrogen and oxygen atoms in total. The molecule has 0 unspecified atom stereocenters. The quantitative estimate of drug-likeness (QED) is 0.635. The second-order valence-electron chi connectivity index (χ2n) is 3.94. The van der Waals surface area contributed by atoms with Gasteiger partial charge in [0.15, 0.2) is 0 Å². The maximum Gasteiger partial charge on any atom is 0.130 e. The lowest BCUT2D eigenvalue weighted by atomic mass is 10.2. The first-order chi connectivity index (χ1) is 8.88. The first kappa shape index (κ1) is 12.9. The monoisotopic (exact) mass is 259 g/mol. The van der Waals surface area contributed by atoms with Crippen LogP contribution in [0.25, 0.3) is 0 Å². The zero-order valence-electron chi connectivity index (χ0n) is 10.5. The van der Waals surface area contributed by atoms with Crippen LogP contribution in [-0.2, 0) is 5.75 Å². The Morgan fingerprint density at radius 2 is 2.00 bits per heavy atom. The smallest absolute Gasteiger partial charge is 0.130 e. The molecule has 94 valence electrons. The van der Waals surface area contributed by atoms with Gasteiger partial charge in [-0.25, -0.2) is 9.97 Å². The molecule has 0 atom stereocenters. The van der Waals surface area contributed by atoms with Gasteiger partial charge in [0.1, 0.15) is 17.2 Å². The van der Waals surface area contributed by atoms with E-state index in [0.29, 0.717) is 0 Å². The number of thioether (sulfide) groups is 1. The topological polar surface area (TPSA) is 37.8 Å². The predicted octanol–water partition coefficient (Wildman–Crippen LogP) is 3.59. The van der Waals surface area contributed by atoms with Gasteiger partial charge >= 0.3 is 0 Å². The van der Waals surface area contributed by atoms with Crippen molar-refractivity contribution in [3.8, 4) is 0 Å². The summed E-state index contributed by atoms with van der Waals surface area (Å²) in [5, 5.41) is 4.28. The minimum atomic E-state index is 0.905. The van der Waals surface area contributed by atoms with Crippen molar-refractivity contribution >= 4 is 17.6 Å². The molecule has 1 aromatic carbocycles. The number of hydrogen-bond donors (Lipinski definition) is 1. The molecule has 0 aliphatic carbocycles. The number of nitrogens with zero attached hydrogens (tertiary/aromatic N) is 2. The van der Waals surface area contributed by atoms with Crippen LogP contribution >= 0.6 is 11.8 Å². The van der Waals surface area contributed by atoms with Crippen molar-refractivity contribution in [1.29, 1.82) is 0 Å². The van der Waals surface area contributed by atoms with Crippen molar-refractivity contribution in [1.82, 2.24) is 9.97 Å². The summed E-state index contributed by atoms with van der Waals surface area (Å²) >= 11 is 1.73. The fraction of sp³-hybridized carbons (Fsp3) is 0.286. The number of benzene rings is 1. The molecule has 2 rings (SSSR count). The van der Waals surface area contributed by atoms with Crippen molar-refractivity contribution in [3.05, 3.63) is 48.3 Å². The van der Waals surface area contributed by atoms with Crippen LogP contribution in [0.15, 0.2) is 47.8 Å². The highest BCUT2D eigenvalue weighted by Crippen LogP contribution is 2.21. The van der Waals surface area contributed by atoms with Gasteiger partial charge in [0.2, 0.25) is 0 Å². The highest BCUT2D eigenvalue weighted by Gasteiger charge is 2.00. The first-order valence-corrected chi connectivity index (χ1v) is 7.09. The Balaban J connectivity index is 1.93. The summed E-state index contributed by atoms with van der Waals surface area (Å²) in [7, 11) is 0. The Labute approximate surface area is 112 Å². The van der Waals surface area contributed by atoms with Crippen LogP contribution in [0.1, 0.15) is 18.9 Å². The molecule has 1 aromatic heterocycles. The van der Waals surface area contributed by atoms with Crippen LogP contribution in [0.4, 0.5) is 5.82 Å². The van der Waals surface area contributed by atoms with E-state index in [1.807, 2.05) is 12.1 Å². The van der Waals surface area contributed by atoms with Gasteiger partial charge in [-0.1, -0.05) is 37.3 Å². The minimum absolute atomic E-state index is 0.905. The Kier molecular flexibility index (Phi) is 5.02. The van der Waals surface area contributed by atoms with E-state index in [4.69, 9.17) is 0 Å². The maximum absolute atomic E-state index is 4.27. The first-order valence-electron chi connectivity index (χ1n) is 6.11. The number of hydrogen-bond acceptors (Lipinski definition) is 4. The summed E-state index contributed by atoms with van der Waals surface area (Å²) < 4.78 is 0. The fourth-order valence-electron chi connectivity index (χ4n) is 1.50. The molecule has 4 heteroatoms. The van der Waals surface area contributed by atoms with Crippen LogP contribution in [-0.4, -0.2) is 16.5 Å². The van der Waals surface area contributed by atoms with E-state index in [2.05, 4.69) is 46.5 Å². The highest BCUT2D eigenvalue weighted by molar-refractivity contribution is 7.98. The van der Waals surface area contributed by atoms with E-state index in [-0.39, 0.29) is 0 Å². The largest absolute Gasteiger partial charge is 0.370 e. The van der Waals surface area contributed by atoms with E-state index < -0.39 is 0 Å². The molecule has 0 fully saturated rings. The summed E-state index contributed by atoms with van der Waals surface area (Å²) in [6.07, 6.45) is 2.71. The zero-order valence-corrected chi connectivity index (χ0v) is 11.3. The summed E-state index contributed by atoms with van der Waals surface area (Å²) in [5.74, 6) is 1.84. The molecular weight excluding hydrogens is 242 g/mol. The predicted molar refractivity (Wildman–Crippen MR) is 76.8 cm³/mol. The highest BCUT2D eigenvalue weighted by atomic mass is 32.2. The SMILES string of the molecule is CCCNc1cc(SCc2ccccc2)ncn1. The van der Waals surface area contributed by atoms with Gasteiger partial charge in [0.05, 0.1) is 0 Å². The summed E-state index contributed by atoms with van der Waals surface area (Å²) in [4.78, 5) is 8.47. The van der Waals surface area contributed by atoms with E-state index in [0.717, 1.165) is 29.6 Å². The van der Waals surface area contributed by atoms with Gasteiger partial charge in [-0.2, -0.15) is 0 Å². The van der Waals surface area contributed by atoms with Crippen molar-refractivity contribution in [2.75, 3.05) is 11.9 Å². The molecule has 0 saturated heterocycles. The Morgan fingerprint density at radius 1 is 1.17 bits per heavy atom. The van der Waals surface area contributed by atoms with E-state index >= 15 is 0 Å². The summed E-state index contributed by atoms with van der Waals surface area (Å²) in [6.45, 7) is 3.08. The van der Waals surface area contributed by atoms with Gasteiger partial charge in [-0.05, 0) is 12.0 Å². The summed E-state index contributed by atoms with van der Waals surface area (Å²) in [6, 6.07) is 12.4. The van der Waals surface area contributed by atoms with Crippen LogP contribution in [0, 0.1) is 0 Å². The molecule has 1 heterocycles. The molecule has 0 amide bonds. The Morgan fingerprint density at radius 3 is 2.78 bits per heavy atom. The molecule has 18 heavy (non-hydrogen) atoms. The van der Waals surface area contributed by atoms with E-state index in [1.54, 1.807) is 18.1 Å². The zero-order chi connectivity index (χ0) is 12.6. The second kappa shape index (κ2) is 7.01. The Bertz CT molecular complexity index is 473.